The van der Waals surface area contributed by atoms with E-state index in [0.29, 0.717) is 48.0 Å². The van der Waals surface area contributed by atoms with Crippen LogP contribution >= 0.6 is 15.9 Å². The molecular formula is C22H27BrN4O2. The zero-order chi connectivity index (χ0) is 20.0. The number of hydrogen-bond donors (Lipinski definition) is 2. The molecule has 29 heavy (non-hydrogen) atoms. The predicted octanol–water partition coefficient (Wildman–Crippen LogP) is 4.42. The maximum Gasteiger partial charge on any atom is 0.204 e. The van der Waals surface area contributed by atoms with E-state index in [-0.39, 0.29) is 0 Å². The Morgan fingerprint density at radius 1 is 1.17 bits per heavy atom. The number of fused-ring (bicyclic) bond motifs is 3. The van der Waals surface area contributed by atoms with Crippen LogP contribution in [-0.4, -0.2) is 45.8 Å². The van der Waals surface area contributed by atoms with Gasteiger partial charge in [-0.25, -0.2) is 4.98 Å². The van der Waals surface area contributed by atoms with Crippen LogP contribution in [0.3, 0.4) is 0 Å². The zero-order valence-corrected chi connectivity index (χ0v) is 18.1. The highest BCUT2D eigenvalue weighted by molar-refractivity contribution is 9.10. The van der Waals surface area contributed by atoms with Gasteiger partial charge >= 0.3 is 0 Å². The minimum atomic E-state index is 0.305. The fourth-order valence-corrected chi connectivity index (χ4v) is 6.45. The first-order valence-corrected chi connectivity index (χ1v) is 11.6. The second-order valence-corrected chi connectivity index (χ2v) is 9.72. The number of hydrogen-bond acceptors (Lipinski definition) is 6. The summed E-state index contributed by atoms with van der Waals surface area (Å²) in [5.74, 6) is 1.65. The van der Waals surface area contributed by atoms with Crippen molar-refractivity contribution in [3.05, 3.63) is 22.5 Å². The summed E-state index contributed by atoms with van der Waals surface area (Å²) >= 11 is 3.64. The molecule has 3 atom stereocenters. The maximum absolute atomic E-state index is 9.57. The molecule has 0 amide bonds. The molecule has 0 radical (unpaired) electrons. The summed E-state index contributed by atoms with van der Waals surface area (Å²) in [6.07, 6.45) is 11.4. The summed E-state index contributed by atoms with van der Waals surface area (Å²) in [4.78, 5) is 7.33. The van der Waals surface area contributed by atoms with Crippen molar-refractivity contribution in [3.63, 3.8) is 0 Å². The number of nitriles is 1. The highest BCUT2D eigenvalue weighted by atomic mass is 79.9. The molecule has 2 saturated heterocycles. The average Bonchev–Trinajstić information content (AvgIpc) is 3.29. The van der Waals surface area contributed by atoms with Gasteiger partial charge in [0.05, 0.1) is 10.7 Å². The first kappa shape index (κ1) is 19.3. The lowest BCUT2D eigenvalue weighted by Crippen LogP contribution is -2.51. The summed E-state index contributed by atoms with van der Waals surface area (Å²) in [6, 6.07) is 6.29. The van der Waals surface area contributed by atoms with Crippen molar-refractivity contribution in [2.45, 2.75) is 75.5 Å². The van der Waals surface area contributed by atoms with Crippen molar-refractivity contribution in [1.82, 2.24) is 9.88 Å². The fourth-order valence-electron chi connectivity index (χ4n) is 5.92. The number of aromatic nitrogens is 1. The third kappa shape index (κ3) is 3.56. The molecule has 1 saturated carbocycles. The van der Waals surface area contributed by atoms with Gasteiger partial charge < -0.3 is 14.8 Å². The van der Waals surface area contributed by atoms with Crippen LogP contribution in [0.4, 0.5) is 5.82 Å². The molecule has 7 heteroatoms. The minimum Gasteiger partial charge on any atom is -0.444 e. The van der Waals surface area contributed by atoms with Crippen LogP contribution in [0.2, 0.25) is 0 Å². The smallest absolute Gasteiger partial charge is 0.204 e. The van der Waals surface area contributed by atoms with Gasteiger partial charge in [0, 0.05) is 42.2 Å². The number of anilines is 1. The summed E-state index contributed by atoms with van der Waals surface area (Å²) in [5.41, 5.74) is 0.629. The zero-order valence-electron chi connectivity index (χ0n) is 16.5. The SMILES string of the molecule is N#Cc1cc2c(Br)c(NC3CCC(N4[C@@H]5CC[C@H]4CC(CO)C5)CC3)ncc2o1. The molecule has 6 nitrogen and oxygen atoms in total. The van der Waals surface area contributed by atoms with Crippen LogP contribution in [0.1, 0.15) is 57.1 Å². The Balaban J connectivity index is 1.22. The van der Waals surface area contributed by atoms with E-state index in [1.807, 2.05) is 6.07 Å². The molecule has 2 aromatic rings. The van der Waals surface area contributed by atoms with Crippen LogP contribution in [0.25, 0.3) is 11.0 Å². The summed E-state index contributed by atoms with van der Waals surface area (Å²) in [5, 5.41) is 23.1. The third-order valence-corrected chi connectivity index (χ3v) is 8.03. The van der Waals surface area contributed by atoms with Gasteiger partial charge in [-0.2, -0.15) is 5.26 Å². The Morgan fingerprint density at radius 2 is 1.86 bits per heavy atom. The lowest BCUT2D eigenvalue weighted by molar-refractivity contribution is 0.0257. The fraction of sp³-hybridized carbons (Fsp3) is 0.636. The molecular weight excluding hydrogens is 432 g/mol. The van der Waals surface area contributed by atoms with E-state index in [1.165, 1.54) is 38.5 Å². The predicted molar refractivity (Wildman–Crippen MR) is 115 cm³/mol. The topological polar surface area (TPSA) is 85.3 Å². The van der Waals surface area contributed by atoms with E-state index >= 15 is 0 Å². The molecule has 2 bridgehead atoms. The van der Waals surface area contributed by atoms with Crippen molar-refractivity contribution in [2.75, 3.05) is 11.9 Å². The number of aliphatic hydroxyl groups is 1. The van der Waals surface area contributed by atoms with Crippen LogP contribution in [0.5, 0.6) is 0 Å². The van der Waals surface area contributed by atoms with E-state index < -0.39 is 0 Å². The number of furan rings is 1. The molecule has 2 aliphatic heterocycles. The number of nitrogens with zero attached hydrogens (tertiary/aromatic N) is 3. The molecule has 2 N–H and O–H groups in total. The van der Waals surface area contributed by atoms with Crippen LogP contribution in [0, 0.1) is 17.2 Å². The van der Waals surface area contributed by atoms with Crippen molar-refractivity contribution >= 4 is 32.7 Å². The minimum absolute atomic E-state index is 0.305. The number of aliphatic hydroxyl groups excluding tert-OH is 1. The standard InChI is InChI=1S/C22H27BrN4O2/c23-21-19-9-18(10-24)29-20(19)11-25-22(21)26-14-1-3-15(4-2-14)27-16-5-6-17(27)8-13(7-16)12-28/h9,11,13-17,28H,1-8,12H2,(H,25,26)/t13?,14?,15?,16-,17+. The molecule has 4 heterocycles. The normalized spacial score (nSPS) is 32.4. The average molecular weight is 459 g/mol. The van der Waals surface area contributed by atoms with Gasteiger partial charge in [-0.05, 0) is 73.2 Å². The van der Waals surface area contributed by atoms with Crippen molar-refractivity contribution in [1.29, 1.82) is 5.26 Å². The number of piperidine rings is 1. The quantitative estimate of drug-likeness (QED) is 0.704. The molecule has 3 aliphatic rings. The third-order valence-electron chi connectivity index (χ3n) is 7.23. The Labute approximate surface area is 179 Å². The van der Waals surface area contributed by atoms with E-state index in [1.54, 1.807) is 12.3 Å². The van der Waals surface area contributed by atoms with Crippen LogP contribution < -0.4 is 5.32 Å². The molecule has 0 spiro atoms. The molecule has 1 unspecified atom stereocenters. The number of halogens is 1. The molecule has 2 aromatic heterocycles. The van der Waals surface area contributed by atoms with E-state index in [4.69, 9.17) is 9.68 Å². The van der Waals surface area contributed by atoms with Crippen molar-refractivity contribution in [3.8, 4) is 6.07 Å². The molecule has 3 fully saturated rings. The second-order valence-electron chi connectivity index (χ2n) is 8.92. The van der Waals surface area contributed by atoms with Gasteiger partial charge in [-0.15, -0.1) is 0 Å². The van der Waals surface area contributed by atoms with E-state index in [0.717, 1.165) is 28.5 Å². The molecule has 1 aliphatic carbocycles. The number of pyridine rings is 1. The highest BCUT2D eigenvalue weighted by Crippen LogP contribution is 2.43. The Morgan fingerprint density at radius 3 is 2.52 bits per heavy atom. The highest BCUT2D eigenvalue weighted by Gasteiger charge is 2.44. The van der Waals surface area contributed by atoms with Crippen molar-refractivity contribution < 1.29 is 9.52 Å². The first-order valence-electron chi connectivity index (χ1n) is 10.8. The van der Waals surface area contributed by atoms with Gasteiger partial charge in [0.25, 0.3) is 0 Å². The van der Waals surface area contributed by atoms with Gasteiger partial charge in [-0.1, -0.05) is 0 Å². The van der Waals surface area contributed by atoms with Gasteiger partial charge in [0.1, 0.15) is 11.9 Å². The number of nitrogens with one attached hydrogen (secondary N) is 1. The first-order chi connectivity index (χ1) is 14.2. The van der Waals surface area contributed by atoms with Crippen molar-refractivity contribution in [2.24, 2.45) is 5.92 Å². The summed E-state index contributed by atoms with van der Waals surface area (Å²) < 4.78 is 6.33. The van der Waals surface area contributed by atoms with Gasteiger partial charge in [0.2, 0.25) is 5.76 Å². The lowest BCUT2D eigenvalue weighted by atomic mass is 9.85. The lowest BCUT2D eigenvalue weighted by Gasteiger charge is -2.45. The molecule has 0 aromatic carbocycles. The maximum atomic E-state index is 9.57. The molecule has 154 valence electrons. The molecule has 5 rings (SSSR count). The van der Waals surface area contributed by atoms with Crippen LogP contribution in [-0.2, 0) is 0 Å². The van der Waals surface area contributed by atoms with Crippen LogP contribution in [0.15, 0.2) is 21.2 Å². The Bertz CT molecular complexity index is 917. The van der Waals surface area contributed by atoms with E-state index in [2.05, 4.69) is 31.1 Å². The van der Waals surface area contributed by atoms with E-state index in [9.17, 15) is 5.11 Å². The Hall–Kier alpha value is -1.62. The number of rotatable bonds is 4. The second kappa shape index (κ2) is 7.90. The monoisotopic (exact) mass is 458 g/mol. The summed E-state index contributed by atoms with van der Waals surface area (Å²) in [6.45, 7) is 0.357. The Kier molecular flexibility index (Phi) is 5.27. The largest absolute Gasteiger partial charge is 0.444 e. The van der Waals surface area contributed by atoms with Gasteiger partial charge in [-0.3, -0.25) is 4.90 Å². The van der Waals surface area contributed by atoms with Gasteiger partial charge in [0.15, 0.2) is 5.58 Å². The summed E-state index contributed by atoms with van der Waals surface area (Å²) in [7, 11) is 0.